The number of ether oxygens (including phenoxy) is 1. The van der Waals surface area contributed by atoms with E-state index in [1.54, 1.807) is 6.92 Å². The number of nitrogens with zero attached hydrogens (tertiary/aromatic N) is 1. The highest BCUT2D eigenvalue weighted by Gasteiger charge is 2.34. The van der Waals surface area contributed by atoms with E-state index in [1.165, 1.54) is 29.6 Å². The molecule has 29 heavy (non-hydrogen) atoms. The minimum absolute atomic E-state index is 0.0235. The fourth-order valence-electron chi connectivity index (χ4n) is 3.21. The van der Waals surface area contributed by atoms with Crippen molar-refractivity contribution >= 4 is 29.9 Å². The van der Waals surface area contributed by atoms with Gasteiger partial charge in [-0.15, -0.1) is 0 Å². The second-order valence-electron chi connectivity index (χ2n) is 7.10. The lowest BCUT2D eigenvalue weighted by Gasteiger charge is -2.31. The van der Waals surface area contributed by atoms with Crippen molar-refractivity contribution in [2.45, 2.75) is 36.0 Å². The van der Waals surface area contributed by atoms with Crippen LogP contribution in [0.4, 0.5) is 0 Å². The van der Waals surface area contributed by atoms with Crippen molar-refractivity contribution in [1.82, 2.24) is 9.03 Å². The maximum atomic E-state index is 13.2. The van der Waals surface area contributed by atoms with Crippen LogP contribution < -0.4 is 9.46 Å². The largest absolute Gasteiger partial charge is 0.497 e. The molecule has 1 N–H and O–H groups in total. The molecule has 1 aliphatic heterocycles. The van der Waals surface area contributed by atoms with E-state index in [0.29, 0.717) is 19.3 Å². The molecule has 166 valence electrons. The van der Waals surface area contributed by atoms with E-state index in [0.717, 1.165) is 6.26 Å². The van der Waals surface area contributed by atoms with Crippen molar-refractivity contribution in [1.29, 1.82) is 0 Å². The number of nitrogens with one attached hydrogen (secondary N) is 1. The SMILES string of the molecule is CCCS(=O)(=O)c1cc(OC)ccc1S(=O)(=O)N1CCC(CNS(C)(=O)=O)CC1. The molecule has 0 aromatic heterocycles. The lowest BCUT2D eigenvalue weighted by Crippen LogP contribution is -2.41. The number of rotatable bonds is 9. The lowest BCUT2D eigenvalue weighted by molar-refractivity contribution is 0.274. The van der Waals surface area contributed by atoms with E-state index < -0.39 is 29.9 Å². The Hall–Kier alpha value is -1.21. The summed E-state index contributed by atoms with van der Waals surface area (Å²) >= 11 is 0. The van der Waals surface area contributed by atoms with E-state index in [2.05, 4.69) is 4.72 Å². The quantitative estimate of drug-likeness (QED) is 0.569. The van der Waals surface area contributed by atoms with Gasteiger partial charge in [-0.25, -0.2) is 30.0 Å². The van der Waals surface area contributed by atoms with Crippen LogP contribution in [0.3, 0.4) is 0 Å². The van der Waals surface area contributed by atoms with Gasteiger partial charge in [-0.1, -0.05) is 6.92 Å². The third kappa shape index (κ3) is 6.14. The van der Waals surface area contributed by atoms with Crippen molar-refractivity contribution in [2.24, 2.45) is 5.92 Å². The van der Waals surface area contributed by atoms with Gasteiger partial charge >= 0.3 is 0 Å². The Morgan fingerprint density at radius 3 is 2.21 bits per heavy atom. The Morgan fingerprint density at radius 2 is 1.69 bits per heavy atom. The van der Waals surface area contributed by atoms with E-state index >= 15 is 0 Å². The molecule has 1 aromatic carbocycles. The Morgan fingerprint density at radius 1 is 1.07 bits per heavy atom. The predicted octanol–water partition coefficient (Wildman–Crippen LogP) is 0.829. The van der Waals surface area contributed by atoms with Crippen molar-refractivity contribution in [2.75, 3.05) is 38.8 Å². The molecule has 0 saturated carbocycles. The van der Waals surface area contributed by atoms with Gasteiger partial charge in [0.25, 0.3) is 0 Å². The summed E-state index contributed by atoms with van der Waals surface area (Å²) in [5, 5.41) is 0. The molecule has 0 aliphatic carbocycles. The first kappa shape index (κ1) is 24.1. The van der Waals surface area contributed by atoms with Crippen LogP contribution in [-0.2, 0) is 29.9 Å². The monoisotopic (exact) mass is 468 g/mol. The number of hydrogen-bond donors (Lipinski definition) is 1. The summed E-state index contributed by atoms with van der Waals surface area (Å²) in [7, 11) is -9.74. The molecule has 0 atom stereocenters. The average Bonchev–Trinajstić information content (AvgIpc) is 2.65. The molecule has 1 aromatic rings. The normalized spacial score (nSPS) is 17.3. The molecular weight excluding hydrogens is 440 g/mol. The first-order valence-corrected chi connectivity index (χ1v) is 14.2. The highest BCUT2D eigenvalue weighted by Crippen LogP contribution is 2.31. The Kier molecular flexibility index (Phi) is 7.71. The van der Waals surface area contributed by atoms with E-state index in [1.807, 2.05) is 0 Å². The minimum Gasteiger partial charge on any atom is -0.497 e. The molecule has 0 radical (unpaired) electrons. The van der Waals surface area contributed by atoms with Crippen LogP contribution in [0.25, 0.3) is 0 Å². The summed E-state index contributed by atoms with van der Waals surface area (Å²) in [6.45, 7) is 2.35. The van der Waals surface area contributed by atoms with Crippen molar-refractivity contribution in [3.8, 4) is 5.75 Å². The topological polar surface area (TPSA) is 127 Å². The minimum atomic E-state index is -4.03. The van der Waals surface area contributed by atoms with E-state index in [4.69, 9.17) is 4.74 Å². The summed E-state index contributed by atoms with van der Waals surface area (Å²) in [4.78, 5) is -0.501. The zero-order valence-corrected chi connectivity index (χ0v) is 19.2. The van der Waals surface area contributed by atoms with Crippen molar-refractivity contribution in [3.63, 3.8) is 0 Å². The fraction of sp³-hybridized carbons (Fsp3) is 0.647. The predicted molar refractivity (Wildman–Crippen MR) is 110 cm³/mol. The Bertz CT molecular complexity index is 1030. The van der Waals surface area contributed by atoms with E-state index in [9.17, 15) is 25.3 Å². The zero-order chi connectivity index (χ0) is 21.9. The maximum absolute atomic E-state index is 13.2. The van der Waals surface area contributed by atoms with Crippen LogP contribution >= 0.6 is 0 Å². The Labute approximate surface area is 173 Å². The molecule has 0 bridgehead atoms. The molecule has 9 nitrogen and oxygen atoms in total. The standard InChI is InChI=1S/C17H28N2O7S3/c1-4-11-28(22,23)17-12-15(26-2)5-6-16(17)29(24,25)19-9-7-14(8-10-19)13-18-27(3,20)21/h5-6,12,14,18H,4,7-11,13H2,1-3H3. The average molecular weight is 469 g/mol. The second-order valence-corrected chi connectivity index (χ2v) is 12.9. The maximum Gasteiger partial charge on any atom is 0.244 e. The summed E-state index contributed by atoms with van der Waals surface area (Å²) in [6, 6.07) is 3.95. The molecule has 0 spiro atoms. The van der Waals surface area contributed by atoms with Gasteiger partial charge in [-0.05, 0) is 37.3 Å². The first-order valence-electron chi connectivity index (χ1n) is 9.26. The van der Waals surface area contributed by atoms with Gasteiger partial charge in [-0.2, -0.15) is 4.31 Å². The molecule has 2 rings (SSSR count). The van der Waals surface area contributed by atoms with Crippen LogP contribution in [0.5, 0.6) is 5.75 Å². The summed E-state index contributed by atoms with van der Waals surface area (Å²) in [5.74, 6) is 0.126. The van der Waals surface area contributed by atoms with Crippen LogP contribution in [0.15, 0.2) is 28.0 Å². The van der Waals surface area contributed by atoms with Gasteiger partial charge < -0.3 is 4.74 Å². The number of methoxy groups -OCH3 is 1. The van der Waals surface area contributed by atoms with Gasteiger partial charge in [-0.3, -0.25) is 0 Å². The molecule has 12 heteroatoms. The van der Waals surface area contributed by atoms with Crippen LogP contribution in [0.2, 0.25) is 0 Å². The van der Waals surface area contributed by atoms with Crippen molar-refractivity contribution in [3.05, 3.63) is 18.2 Å². The van der Waals surface area contributed by atoms with Gasteiger partial charge in [0.05, 0.1) is 24.0 Å². The van der Waals surface area contributed by atoms with Gasteiger partial charge in [0.2, 0.25) is 20.0 Å². The lowest BCUT2D eigenvalue weighted by atomic mass is 9.99. The third-order valence-electron chi connectivity index (χ3n) is 4.78. The summed E-state index contributed by atoms with van der Waals surface area (Å²) in [5.41, 5.74) is 0. The van der Waals surface area contributed by atoms with Gasteiger partial charge in [0.1, 0.15) is 10.6 Å². The number of sulfone groups is 1. The molecule has 0 amide bonds. The number of hydrogen-bond acceptors (Lipinski definition) is 7. The summed E-state index contributed by atoms with van der Waals surface area (Å²) < 4.78 is 83.0. The molecule has 1 fully saturated rings. The van der Waals surface area contributed by atoms with Gasteiger partial charge in [0, 0.05) is 25.7 Å². The van der Waals surface area contributed by atoms with Crippen LogP contribution in [0, 0.1) is 5.92 Å². The molecule has 1 saturated heterocycles. The Balaban J connectivity index is 2.28. The second kappa shape index (κ2) is 9.29. The number of sulfonamides is 2. The van der Waals surface area contributed by atoms with Crippen LogP contribution in [-0.4, -0.2) is 68.3 Å². The summed E-state index contributed by atoms with van der Waals surface area (Å²) in [6.07, 6.45) is 2.40. The molecule has 1 aliphatic rings. The van der Waals surface area contributed by atoms with Crippen molar-refractivity contribution < 1.29 is 30.0 Å². The first-order chi connectivity index (χ1) is 13.4. The zero-order valence-electron chi connectivity index (χ0n) is 16.8. The highest BCUT2D eigenvalue weighted by molar-refractivity contribution is 7.93. The molecular formula is C17H28N2O7S3. The highest BCUT2D eigenvalue weighted by atomic mass is 32.2. The fourth-order valence-corrected chi connectivity index (χ4v) is 7.40. The van der Waals surface area contributed by atoms with E-state index in [-0.39, 0.29) is 46.8 Å². The molecule has 0 unspecified atom stereocenters. The smallest absolute Gasteiger partial charge is 0.244 e. The van der Waals surface area contributed by atoms with Crippen LogP contribution in [0.1, 0.15) is 26.2 Å². The third-order valence-corrected chi connectivity index (χ3v) is 9.51. The number of piperidine rings is 1. The number of benzene rings is 1. The molecule has 1 heterocycles. The van der Waals surface area contributed by atoms with Gasteiger partial charge in [0.15, 0.2) is 9.84 Å².